The number of piperidine rings is 3. The second-order valence-corrected chi connectivity index (χ2v) is 18.4. The van der Waals surface area contributed by atoms with Crippen LogP contribution >= 0.6 is 11.6 Å². The third kappa shape index (κ3) is 7.49. The molecule has 0 radical (unpaired) electrons. The van der Waals surface area contributed by atoms with Crippen LogP contribution in [0.15, 0.2) is 66.7 Å². The average molecular weight is 788 g/mol. The van der Waals surface area contributed by atoms with Gasteiger partial charge in [-0.2, -0.15) is 5.26 Å². The number of benzene rings is 3. The highest BCUT2D eigenvalue weighted by Gasteiger charge is 2.49. The fourth-order valence-electron chi connectivity index (χ4n) is 11.1. The van der Waals surface area contributed by atoms with E-state index in [4.69, 9.17) is 11.6 Å². The number of carbonyl (C=O) groups is 3. The van der Waals surface area contributed by atoms with Gasteiger partial charge in [-0.3, -0.25) is 24.6 Å². The van der Waals surface area contributed by atoms with Crippen molar-refractivity contribution >= 4 is 46.4 Å². The zero-order valence-corrected chi connectivity index (χ0v) is 33.9. The number of hydrogen-bond acceptors (Lipinski definition) is 8. The van der Waals surface area contributed by atoms with Crippen LogP contribution in [-0.2, 0) is 9.59 Å². The molecule has 0 unspecified atom stereocenters. The Bertz CT molecular complexity index is 2030. The van der Waals surface area contributed by atoms with Crippen LogP contribution in [0.2, 0.25) is 5.02 Å². The molecular weight excluding hydrogens is 734 g/mol. The first-order valence-electron chi connectivity index (χ1n) is 21.1. The first-order valence-corrected chi connectivity index (χ1v) is 21.5. The highest BCUT2D eigenvalue weighted by Crippen LogP contribution is 2.51. The zero-order valence-electron chi connectivity index (χ0n) is 33.1. The van der Waals surface area contributed by atoms with Crippen LogP contribution in [0.5, 0.6) is 0 Å². The van der Waals surface area contributed by atoms with Crippen LogP contribution in [-0.4, -0.2) is 98.5 Å². The molecule has 0 bridgehead atoms. The molecule has 1 N–H and O–H groups in total. The molecule has 9 rings (SSSR count). The van der Waals surface area contributed by atoms with Crippen LogP contribution in [0.1, 0.15) is 92.1 Å². The molecule has 3 amide bonds. The number of nitriles is 1. The first-order chi connectivity index (χ1) is 27.6. The van der Waals surface area contributed by atoms with Crippen molar-refractivity contribution < 1.29 is 14.4 Å². The number of piperazine rings is 1. The summed E-state index contributed by atoms with van der Waals surface area (Å²) in [5, 5.41) is 12.3. The monoisotopic (exact) mass is 787 g/mol. The number of nitrogens with one attached hydrogen (secondary N) is 1. The molecule has 11 heteroatoms. The molecule has 5 heterocycles. The third-order valence-corrected chi connectivity index (χ3v) is 15.0. The van der Waals surface area contributed by atoms with Gasteiger partial charge in [-0.1, -0.05) is 23.7 Å². The molecule has 298 valence electrons. The summed E-state index contributed by atoms with van der Waals surface area (Å²) < 4.78 is 0. The molecule has 2 spiro atoms. The number of rotatable bonds is 6. The van der Waals surface area contributed by atoms with Gasteiger partial charge in [0.1, 0.15) is 6.07 Å². The second kappa shape index (κ2) is 15.3. The normalized spacial score (nSPS) is 25.1. The highest BCUT2D eigenvalue weighted by molar-refractivity contribution is 6.32. The molecule has 6 fully saturated rings. The lowest BCUT2D eigenvalue weighted by molar-refractivity contribution is -0.134. The second-order valence-electron chi connectivity index (χ2n) is 18.0. The van der Waals surface area contributed by atoms with Crippen molar-refractivity contribution in [2.45, 2.75) is 82.7 Å². The van der Waals surface area contributed by atoms with Crippen molar-refractivity contribution in [3.05, 3.63) is 88.4 Å². The predicted molar refractivity (Wildman–Crippen MR) is 224 cm³/mol. The van der Waals surface area contributed by atoms with Crippen molar-refractivity contribution in [1.29, 1.82) is 5.26 Å². The zero-order chi connectivity index (χ0) is 39.3. The summed E-state index contributed by atoms with van der Waals surface area (Å²) in [6.07, 6.45) is 9.07. The van der Waals surface area contributed by atoms with E-state index in [-0.39, 0.29) is 29.1 Å². The Hall–Kier alpha value is -4.59. The van der Waals surface area contributed by atoms with E-state index in [0.29, 0.717) is 40.9 Å². The summed E-state index contributed by atoms with van der Waals surface area (Å²) in [6, 6.07) is 25.8. The Morgan fingerprint density at radius 2 is 1.39 bits per heavy atom. The minimum Gasteiger partial charge on any atom is -0.371 e. The molecule has 3 aromatic carbocycles. The Kier molecular flexibility index (Phi) is 10.2. The minimum atomic E-state index is -0.241. The molecule has 6 aliphatic rings. The van der Waals surface area contributed by atoms with Gasteiger partial charge in [-0.15, -0.1) is 0 Å². The van der Waals surface area contributed by atoms with E-state index >= 15 is 0 Å². The van der Waals surface area contributed by atoms with Gasteiger partial charge in [-0.25, -0.2) is 0 Å². The van der Waals surface area contributed by atoms with Gasteiger partial charge in [0.25, 0.3) is 5.91 Å². The summed E-state index contributed by atoms with van der Waals surface area (Å²) in [5.41, 5.74) is 6.45. The van der Waals surface area contributed by atoms with Gasteiger partial charge in [0, 0.05) is 100 Å². The Morgan fingerprint density at radius 3 is 2.02 bits per heavy atom. The Labute approximate surface area is 341 Å². The standard InChI is InChI=1S/C46H54ClN7O3/c1-32-27-46(31-54(32)38-11-6-35(30-48)41(47)26-38)16-18-50(19-17-46)36-9-4-34(5-10-36)44(57)53-20-14-45(15-21-53)28-39(29-45)52-24-22-51(23-25-52)37-7-2-33(3-8-37)40-12-13-42(55)49-43(40)56/h2-11,26,32,39-40H,12-25,27-29,31H2,1H3,(H,49,55,56)/t32-,40+/m0/s1. The van der Waals surface area contributed by atoms with E-state index in [0.717, 1.165) is 108 Å². The smallest absolute Gasteiger partial charge is 0.253 e. The van der Waals surface area contributed by atoms with E-state index in [9.17, 15) is 19.6 Å². The largest absolute Gasteiger partial charge is 0.371 e. The Balaban J connectivity index is 0.708. The summed E-state index contributed by atoms with van der Waals surface area (Å²) in [4.78, 5) is 49.6. The number of carbonyl (C=O) groups excluding carboxylic acids is 3. The number of halogens is 1. The van der Waals surface area contributed by atoms with Crippen molar-refractivity contribution in [2.75, 3.05) is 73.6 Å². The number of likely N-dealkylation sites (tertiary alicyclic amines) is 1. The summed E-state index contributed by atoms with van der Waals surface area (Å²) >= 11 is 6.39. The lowest BCUT2D eigenvalue weighted by atomic mass is 9.60. The summed E-state index contributed by atoms with van der Waals surface area (Å²) in [7, 11) is 0. The lowest BCUT2D eigenvalue weighted by Crippen LogP contribution is -2.59. The van der Waals surface area contributed by atoms with Gasteiger partial charge in [0.15, 0.2) is 0 Å². The molecular formula is C46H54ClN7O3. The van der Waals surface area contributed by atoms with Crippen LogP contribution in [0, 0.1) is 22.2 Å². The maximum atomic E-state index is 13.6. The molecule has 5 saturated heterocycles. The van der Waals surface area contributed by atoms with Crippen molar-refractivity contribution in [1.82, 2.24) is 15.1 Å². The highest BCUT2D eigenvalue weighted by atomic mass is 35.5. The van der Waals surface area contributed by atoms with Gasteiger partial charge in [0.05, 0.1) is 16.5 Å². The molecule has 10 nitrogen and oxygen atoms in total. The molecule has 1 saturated carbocycles. The van der Waals surface area contributed by atoms with Crippen LogP contribution < -0.4 is 20.0 Å². The van der Waals surface area contributed by atoms with Gasteiger partial charge < -0.3 is 19.6 Å². The molecule has 2 atom stereocenters. The maximum absolute atomic E-state index is 13.6. The first kappa shape index (κ1) is 38.0. The number of imide groups is 1. The molecule has 5 aliphatic heterocycles. The average Bonchev–Trinajstić information content (AvgIpc) is 3.55. The fraction of sp³-hybridized carbons (Fsp3) is 0.522. The van der Waals surface area contributed by atoms with Gasteiger partial charge in [0.2, 0.25) is 11.8 Å². The van der Waals surface area contributed by atoms with Crippen molar-refractivity contribution in [2.24, 2.45) is 10.8 Å². The van der Waals surface area contributed by atoms with Crippen LogP contribution in [0.25, 0.3) is 0 Å². The molecule has 3 aromatic rings. The van der Waals surface area contributed by atoms with Crippen molar-refractivity contribution in [3.63, 3.8) is 0 Å². The van der Waals surface area contributed by atoms with Gasteiger partial charge >= 0.3 is 0 Å². The topological polar surface area (TPSA) is 103 Å². The van der Waals surface area contributed by atoms with Crippen molar-refractivity contribution in [3.8, 4) is 6.07 Å². The number of nitrogens with zero attached hydrogens (tertiary/aromatic N) is 6. The number of hydrogen-bond donors (Lipinski definition) is 1. The quantitative estimate of drug-likeness (QED) is 0.272. The van der Waals surface area contributed by atoms with E-state index in [1.807, 2.05) is 30.3 Å². The fourth-order valence-corrected chi connectivity index (χ4v) is 11.3. The van der Waals surface area contributed by atoms with E-state index in [1.165, 1.54) is 24.2 Å². The summed E-state index contributed by atoms with van der Waals surface area (Å²) in [6.45, 7) is 11.1. The minimum absolute atomic E-state index is 0.161. The molecule has 0 aromatic heterocycles. The number of anilines is 3. The van der Waals surface area contributed by atoms with Crippen LogP contribution in [0.3, 0.4) is 0 Å². The molecule has 57 heavy (non-hydrogen) atoms. The predicted octanol–water partition coefficient (Wildman–Crippen LogP) is 6.82. The Morgan fingerprint density at radius 1 is 0.772 bits per heavy atom. The third-order valence-electron chi connectivity index (χ3n) is 14.7. The SMILES string of the molecule is C[C@H]1CC2(CCN(c3ccc(C(=O)N4CCC5(CC4)CC(N4CCN(c6ccc([C@H]7CCC(=O)NC7=O)cc6)CC4)C5)cc3)CC2)CN1c1ccc(C#N)c(Cl)c1. The van der Waals surface area contributed by atoms with Crippen LogP contribution in [0.4, 0.5) is 17.1 Å². The lowest BCUT2D eigenvalue weighted by Gasteiger charge is -2.56. The van der Waals surface area contributed by atoms with E-state index in [1.54, 1.807) is 0 Å². The maximum Gasteiger partial charge on any atom is 0.253 e. The number of amides is 3. The van der Waals surface area contributed by atoms with E-state index in [2.05, 4.69) is 79.2 Å². The van der Waals surface area contributed by atoms with E-state index < -0.39 is 0 Å². The summed E-state index contributed by atoms with van der Waals surface area (Å²) in [5.74, 6) is -0.438. The van der Waals surface area contributed by atoms with Gasteiger partial charge in [-0.05, 0) is 129 Å². The molecule has 1 aliphatic carbocycles.